The largest absolute Gasteiger partial charge is 0.508 e. The molecule has 0 radical (unpaired) electrons. The van der Waals surface area contributed by atoms with Gasteiger partial charge in [0, 0.05) is 19.2 Å². The number of nitrogens with zero attached hydrogens (tertiary/aromatic N) is 1. The highest BCUT2D eigenvalue weighted by Gasteiger charge is 2.45. The first-order chi connectivity index (χ1) is 10.6. The average Bonchev–Trinajstić information content (AvgIpc) is 2.53. The molecule has 6 nitrogen and oxygen atoms in total. The van der Waals surface area contributed by atoms with Gasteiger partial charge in [0.1, 0.15) is 11.5 Å². The average molecular weight is 308 g/mol. The summed E-state index contributed by atoms with van der Waals surface area (Å²) in [5.41, 5.74) is 5.13. The van der Waals surface area contributed by atoms with Gasteiger partial charge in [0.25, 0.3) is 5.91 Å². The molecular weight excluding hydrogens is 284 g/mol. The number of aromatic hydroxyl groups is 1. The van der Waals surface area contributed by atoms with E-state index < -0.39 is 5.60 Å². The van der Waals surface area contributed by atoms with Gasteiger partial charge in [-0.1, -0.05) is 13.8 Å². The minimum atomic E-state index is -0.849. The lowest BCUT2D eigenvalue weighted by Gasteiger charge is -2.42. The van der Waals surface area contributed by atoms with Crippen LogP contribution in [0.5, 0.6) is 11.5 Å². The molecule has 3 N–H and O–H groups in total. The second-order valence-electron chi connectivity index (χ2n) is 5.31. The van der Waals surface area contributed by atoms with Crippen molar-refractivity contribution < 1.29 is 19.4 Å². The van der Waals surface area contributed by atoms with Crippen molar-refractivity contribution in [1.82, 2.24) is 0 Å². The predicted molar refractivity (Wildman–Crippen MR) is 84.3 cm³/mol. The van der Waals surface area contributed by atoms with Gasteiger partial charge < -0.3 is 25.2 Å². The van der Waals surface area contributed by atoms with Gasteiger partial charge in [0.15, 0.2) is 5.60 Å². The minimum Gasteiger partial charge on any atom is -0.508 e. The normalized spacial score (nSPS) is 16.3. The molecule has 2 rings (SSSR count). The van der Waals surface area contributed by atoms with E-state index in [0.717, 1.165) is 0 Å². The number of hydrogen-bond donors (Lipinski definition) is 2. The Kier molecular flexibility index (Phi) is 5.26. The molecule has 1 aliphatic heterocycles. The van der Waals surface area contributed by atoms with Crippen LogP contribution >= 0.6 is 0 Å². The fourth-order valence-electron chi connectivity index (χ4n) is 2.67. The van der Waals surface area contributed by atoms with Crippen molar-refractivity contribution in [3.8, 4) is 11.5 Å². The number of benzene rings is 1. The SMILES string of the molecule is CCC1(CC)Oc2ccc(O)cc2N(CCOCCN)C1=O. The molecule has 0 fully saturated rings. The van der Waals surface area contributed by atoms with Crippen molar-refractivity contribution in [2.75, 3.05) is 31.2 Å². The van der Waals surface area contributed by atoms with Crippen LogP contribution in [-0.4, -0.2) is 42.9 Å². The molecule has 1 amide bonds. The number of phenols is 1. The Morgan fingerprint density at radius 3 is 2.68 bits per heavy atom. The molecule has 0 spiro atoms. The molecule has 0 saturated carbocycles. The van der Waals surface area contributed by atoms with Gasteiger partial charge in [0.05, 0.1) is 18.9 Å². The number of ether oxygens (including phenoxy) is 2. The van der Waals surface area contributed by atoms with Crippen molar-refractivity contribution in [2.24, 2.45) is 5.73 Å². The van der Waals surface area contributed by atoms with E-state index >= 15 is 0 Å². The second kappa shape index (κ2) is 6.98. The van der Waals surface area contributed by atoms with Crippen molar-refractivity contribution in [2.45, 2.75) is 32.3 Å². The molecule has 0 unspecified atom stereocenters. The molecule has 0 saturated heterocycles. The fraction of sp³-hybridized carbons (Fsp3) is 0.562. The number of rotatable bonds is 7. The lowest BCUT2D eigenvalue weighted by molar-refractivity contribution is -0.136. The number of carbonyl (C=O) groups is 1. The molecule has 1 aliphatic rings. The number of hydrogen-bond acceptors (Lipinski definition) is 5. The van der Waals surface area contributed by atoms with Gasteiger partial charge in [-0.2, -0.15) is 0 Å². The van der Waals surface area contributed by atoms with Crippen LogP contribution in [0.1, 0.15) is 26.7 Å². The molecule has 22 heavy (non-hydrogen) atoms. The van der Waals surface area contributed by atoms with Crippen molar-refractivity contribution in [3.05, 3.63) is 18.2 Å². The van der Waals surface area contributed by atoms with E-state index in [1.807, 2.05) is 13.8 Å². The fourth-order valence-corrected chi connectivity index (χ4v) is 2.67. The standard InChI is InChI=1S/C16H24N2O4/c1-3-16(4-2)15(20)18(8-10-21-9-7-17)13-11-12(19)5-6-14(13)22-16/h5-6,11,19H,3-4,7-10,17H2,1-2H3. The van der Waals surface area contributed by atoms with Crippen LogP contribution in [0.2, 0.25) is 0 Å². The monoisotopic (exact) mass is 308 g/mol. The molecule has 1 aromatic rings. The maximum absolute atomic E-state index is 12.9. The summed E-state index contributed by atoms with van der Waals surface area (Å²) in [7, 11) is 0. The van der Waals surface area contributed by atoms with Gasteiger partial charge in [0.2, 0.25) is 0 Å². The summed E-state index contributed by atoms with van der Waals surface area (Å²) in [6.45, 7) is 5.58. The van der Waals surface area contributed by atoms with Crippen molar-refractivity contribution in [1.29, 1.82) is 0 Å². The molecule has 0 bridgehead atoms. The highest BCUT2D eigenvalue weighted by atomic mass is 16.5. The van der Waals surface area contributed by atoms with Crippen molar-refractivity contribution in [3.63, 3.8) is 0 Å². The van der Waals surface area contributed by atoms with Crippen LogP contribution in [0.25, 0.3) is 0 Å². The lowest BCUT2D eigenvalue weighted by atomic mass is 9.92. The molecule has 0 atom stereocenters. The summed E-state index contributed by atoms with van der Waals surface area (Å²) >= 11 is 0. The lowest BCUT2D eigenvalue weighted by Crippen LogP contribution is -2.56. The van der Waals surface area contributed by atoms with E-state index in [-0.39, 0.29) is 11.7 Å². The van der Waals surface area contributed by atoms with Crippen LogP contribution in [0, 0.1) is 0 Å². The number of fused-ring (bicyclic) bond motifs is 1. The Labute approximate surface area is 130 Å². The molecule has 0 aliphatic carbocycles. The zero-order valence-corrected chi connectivity index (χ0v) is 13.2. The Bertz CT molecular complexity index is 529. The van der Waals surface area contributed by atoms with Crippen LogP contribution in [0.4, 0.5) is 5.69 Å². The molecule has 6 heteroatoms. The van der Waals surface area contributed by atoms with Gasteiger partial charge >= 0.3 is 0 Å². The number of carbonyl (C=O) groups excluding carboxylic acids is 1. The summed E-state index contributed by atoms with van der Waals surface area (Å²) in [6, 6.07) is 4.81. The summed E-state index contributed by atoms with van der Waals surface area (Å²) in [5.74, 6) is 0.621. The zero-order chi connectivity index (χ0) is 16.2. The van der Waals surface area contributed by atoms with E-state index in [1.165, 1.54) is 0 Å². The van der Waals surface area contributed by atoms with E-state index in [1.54, 1.807) is 23.1 Å². The van der Waals surface area contributed by atoms with Crippen molar-refractivity contribution >= 4 is 11.6 Å². The molecular formula is C16H24N2O4. The number of phenolic OH excluding ortho intramolecular Hbond substituents is 1. The highest BCUT2D eigenvalue weighted by molar-refractivity contribution is 6.03. The molecule has 1 aromatic carbocycles. The van der Waals surface area contributed by atoms with Gasteiger partial charge in [-0.05, 0) is 25.0 Å². The Morgan fingerprint density at radius 1 is 1.32 bits per heavy atom. The predicted octanol–water partition coefficient (Wildman–Crippen LogP) is 1.65. The zero-order valence-electron chi connectivity index (χ0n) is 13.2. The number of amides is 1. The van der Waals surface area contributed by atoms with E-state index in [9.17, 15) is 9.90 Å². The van der Waals surface area contributed by atoms with Crippen LogP contribution in [-0.2, 0) is 9.53 Å². The number of nitrogens with two attached hydrogens (primary N) is 1. The maximum Gasteiger partial charge on any atom is 0.271 e. The van der Waals surface area contributed by atoms with Crippen LogP contribution in [0.15, 0.2) is 18.2 Å². The Hall–Kier alpha value is -1.79. The summed E-state index contributed by atoms with van der Waals surface area (Å²) < 4.78 is 11.4. The van der Waals surface area contributed by atoms with Gasteiger partial charge in [-0.25, -0.2) is 0 Å². The first kappa shape index (κ1) is 16.6. The van der Waals surface area contributed by atoms with E-state index in [0.29, 0.717) is 50.6 Å². The molecule has 1 heterocycles. The summed E-state index contributed by atoms with van der Waals surface area (Å²) in [5, 5.41) is 9.71. The Morgan fingerprint density at radius 2 is 2.05 bits per heavy atom. The third kappa shape index (κ3) is 3.03. The van der Waals surface area contributed by atoms with Gasteiger partial charge in [-0.15, -0.1) is 0 Å². The Balaban J connectivity index is 2.31. The smallest absolute Gasteiger partial charge is 0.271 e. The third-order valence-corrected chi connectivity index (χ3v) is 4.04. The minimum absolute atomic E-state index is 0.0908. The highest BCUT2D eigenvalue weighted by Crippen LogP contribution is 2.42. The van der Waals surface area contributed by atoms with E-state index in [4.69, 9.17) is 15.2 Å². The first-order valence-electron chi connectivity index (χ1n) is 7.69. The first-order valence-corrected chi connectivity index (χ1v) is 7.69. The van der Waals surface area contributed by atoms with Crippen LogP contribution < -0.4 is 15.4 Å². The second-order valence-corrected chi connectivity index (χ2v) is 5.31. The van der Waals surface area contributed by atoms with Gasteiger partial charge in [-0.3, -0.25) is 4.79 Å². The van der Waals surface area contributed by atoms with Crippen LogP contribution in [0.3, 0.4) is 0 Å². The summed E-state index contributed by atoms with van der Waals surface area (Å²) in [6.07, 6.45) is 1.17. The molecule has 122 valence electrons. The third-order valence-electron chi connectivity index (χ3n) is 4.04. The topological polar surface area (TPSA) is 85.0 Å². The quantitative estimate of drug-likeness (QED) is 0.748. The van der Waals surface area contributed by atoms with E-state index in [2.05, 4.69) is 0 Å². The maximum atomic E-state index is 12.9. The molecule has 0 aromatic heterocycles. The number of anilines is 1. The summed E-state index contributed by atoms with van der Waals surface area (Å²) in [4.78, 5) is 14.5.